The summed E-state index contributed by atoms with van der Waals surface area (Å²) in [6.07, 6.45) is 3.31. The van der Waals surface area contributed by atoms with Gasteiger partial charge >= 0.3 is 0 Å². The Morgan fingerprint density at radius 2 is 2.29 bits per heavy atom. The topological polar surface area (TPSA) is 52.7 Å². The van der Waals surface area contributed by atoms with Crippen molar-refractivity contribution in [2.45, 2.75) is 19.9 Å². The molecule has 2 rings (SSSR count). The van der Waals surface area contributed by atoms with Gasteiger partial charge in [-0.25, -0.2) is 0 Å². The molecule has 0 aliphatic rings. The highest BCUT2D eigenvalue weighted by molar-refractivity contribution is 6.32. The minimum Gasteiger partial charge on any atom is -0.298 e. The molecule has 2 aromatic rings. The summed E-state index contributed by atoms with van der Waals surface area (Å²) in [5.41, 5.74) is 1.78. The van der Waals surface area contributed by atoms with Crippen molar-refractivity contribution in [1.29, 1.82) is 0 Å². The first-order chi connectivity index (χ1) is 8.19. The summed E-state index contributed by atoms with van der Waals surface area (Å²) >= 11 is 6.12. The maximum Gasteiger partial charge on any atom is 0.155 e. The molecule has 90 valence electrons. The molecule has 0 bridgehead atoms. The summed E-state index contributed by atoms with van der Waals surface area (Å²) in [5, 5.41) is 8.82. The number of aldehydes is 1. The van der Waals surface area contributed by atoms with Crippen LogP contribution in [0.15, 0.2) is 12.3 Å². The third-order valence-electron chi connectivity index (χ3n) is 2.54. The van der Waals surface area contributed by atoms with Crippen molar-refractivity contribution in [2.24, 2.45) is 7.05 Å². The average molecular weight is 253 g/mol. The van der Waals surface area contributed by atoms with Crippen LogP contribution in [0.2, 0.25) is 5.15 Å². The number of carbonyl (C=O) groups is 1. The molecule has 0 aromatic carbocycles. The SMILES string of the molecule is CCCn1nc(-c2ccnn2C)c(C=O)c1Cl. The largest absolute Gasteiger partial charge is 0.298 e. The van der Waals surface area contributed by atoms with Crippen LogP contribution >= 0.6 is 11.6 Å². The second kappa shape index (κ2) is 4.71. The van der Waals surface area contributed by atoms with Crippen molar-refractivity contribution in [1.82, 2.24) is 19.6 Å². The Hall–Kier alpha value is -1.62. The summed E-state index contributed by atoms with van der Waals surface area (Å²) < 4.78 is 3.32. The van der Waals surface area contributed by atoms with E-state index in [-0.39, 0.29) is 0 Å². The highest BCUT2D eigenvalue weighted by atomic mass is 35.5. The van der Waals surface area contributed by atoms with E-state index in [1.165, 1.54) is 0 Å². The van der Waals surface area contributed by atoms with Gasteiger partial charge in [-0.1, -0.05) is 18.5 Å². The summed E-state index contributed by atoms with van der Waals surface area (Å²) in [6, 6.07) is 1.81. The number of halogens is 1. The van der Waals surface area contributed by atoms with Crippen LogP contribution in [0.25, 0.3) is 11.4 Å². The first-order valence-electron chi connectivity index (χ1n) is 5.38. The van der Waals surface area contributed by atoms with Crippen molar-refractivity contribution in [3.63, 3.8) is 0 Å². The highest BCUT2D eigenvalue weighted by Gasteiger charge is 2.18. The molecule has 0 fully saturated rings. The van der Waals surface area contributed by atoms with Crippen LogP contribution in [0, 0.1) is 0 Å². The maximum atomic E-state index is 11.1. The standard InChI is InChI=1S/C11H13ClN4O/c1-3-6-16-11(12)8(7-17)10(14-16)9-4-5-13-15(9)2/h4-5,7H,3,6H2,1-2H3. The van der Waals surface area contributed by atoms with E-state index >= 15 is 0 Å². The summed E-state index contributed by atoms with van der Waals surface area (Å²) in [6.45, 7) is 2.72. The first kappa shape index (κ1) is 11.9. The molecule has 0 aliphatic heterocycles. The van der Waals surface area contributed by atoms with Gasteiger partial charge in [0.15, 0.2) is 6.29 Å². The Morgan fingerprint density at radius 1 is 1.53 bits per heavy atom. The Balaban J connectivity index is 2.58. The van der Waals surface area contributed by atoms with Gasteiger partial charge in [0.05, 0.1) is 11.3 Å². The third-order valence-corrected chi connectivity index (χ3v) is 2.94. The number of rotatable bonds is 4. The van der Waals surface area contributed by atoms with Crippen molar-refractivity contribution in [3.8, 4) is 11.4 Å². The molecule has 17 heavy (non-hydrogen) atoms. The van der Waals surface area contributed by atoms with E-state index in [1.54, 1.807) is 22.6 Å². The smallest absolute Gasteiger partial charge is 0.155 e. The molecule has 5 nitrogen and oxygen atoms in total. The molecular weight excluding hydrogens is 240 g/mol. The van der Waals surface area contributed by atoms with Gasteiger partial charge in [0.2, 0.25) is 0 Å². The lowest BCUT2D eigenvalue weighted by atomic mass is 10.2. The molecule has 2 heterocycles. The number of aromatic nitrogens is 4. The van der Waals surface area contributed by atoms with Crippen molar-refractivity contribution < 1.29 is 4.79 Å². The fourth-order valence-corrected chi connectivity index (χ4v) is 1.97. The van der Waals surface area contributed by atoms with Gasteiger partial charge in [0, 0.05) is 19.8 Å². The van der Waals surface area contributed by atoms with Crippen LogP contribution in [0.3, 0.4) is 0 Å². The highest BCUT2D eigenvalue weighted by Crippen LogP contribution is 2.26. The number of hydrogen-bond acceptors (Lipinski definition) is 3. The van der Waals surface area contributed by atoms with Crippen LogP contribution in [0.5, 0.6) is 0 Å². The predicted molar refractivity (Wildman–Crippen MR) is 65.1 cm³/mol. The molecule has 0 spiro atoms. The normalized spacial score (nSPS) is 10.8. The molecule has 0 saturated carbocycles. The fraction of sp³-hybridized carbons (Fsp3) is 0.364. The van der Waals surface area contributed by atoms with Gasteiger partial charge in [0.25, 0.3) is 0 Å². The molecule has 2 aromatic heterocycles. The molecule has 0 aliphatic carbocycles. The number of hydrogen-bond donors (Lipinski definition) is 0. The molecule has 0 amide bonds. The average Bonchev–Trinajstić information content (AvgIpc) is 2.84. The second-order valence-corrected chi connectivity index (χ2v) is 4.09. The zero-order chi connectivity index (χ0) is 12.4. The van der Waals surface area contributed by atoms with Gasteiger partial charge in [-0.05, 0) is 12.5 Å². The summed E-state index contributed by atoms with van der Waals surface area (Å²) in [5.74, 6) is 0. The molecule has 6 heteroatoms. The predicted octanol–water partition coefficient (Wildman–Crippen LogP) is 2.16. The minimum absolute atomic E-state index is 0.387. The van der Waals surface area contributed by atoms with Crippen LogP contribution in [-0.4, -0.2) is 25.8 Å². The molecule has 0 saturated heterocycles. The zero-order valence-corrected chi connectivity index (χ0v) is 10.5. The van der Waals surface area contributed by atoms with Gasteiger partial charge in [-0.2, -0.15) is 10.2 Å². The Labute approximate surface area is 104 Å². The van der Waals surface area contributed by atoms with Crippen molar-refractivity contribution in [2.75, 3.05) is 0 Å². The molecule has 0 radical (unpaired) electrons. The van der Waals surface area contributed by atoms with Crippen molar-refractivity contribution >= 4 is 17.9 Å². The van der Waals surface area contributed by atoms with Crippen LogP contribution < -0.4 is 0 Å². The number of aryl methyl sites for hydroxylation is 2. The number of nitrogens with zero attached hydrogens (tertiary/aromatic N) is 4. The van der Waals surface area contributed by atoms with E-state index in [1.807, 2.05) is 13.0 Å². The van der Waals surface area contributed by atoms with Gasteiger partial charge in [-0.3, -0.25) is 14.2 Å². The van der Waals surface area contributed by atoms with E-state index in [2.05, 4.69) is 10.2 Å². The lowest BCUT2D eigenvalue weighted by molar-refractivity contribution is 0.112. The van der Waals surface area contributed by atoms with Crippen LogP contribution in [0.4, 0.5) is 0 Å². The lowest BCUT2D eigenvalue weighted by Gasteiger charge is -1.98. The summed E-state index contributed by atoms with van der Waals surface area (Å²) in [7, 11) is 1.80. The Bertz CT molecular complexity index is 544. The molecule has 0 unspecified atom stereocenters. The minimum atomic E-state index is 0.387. The lowest BCUT2D eigenvalue weighted by Crippen LogP contribution is -2.00. The van der Waals surface area contributed by atoms with E-state index < -0.39 is 0 Å². The van der Waals surface area contributed by atoms with E-state index in [0.29, 0.717) is 23.0 Å². The monoisotopic (exact) mass is 252 g/mol. The van der Waals surface area contributed by atoms with E-state index in [4.69, 9.17) is 11.6 Å². The number of carbonyl (C=O) groups excluding carboxylic acids is 1. The summed E-state index contributed by atoms with van der Waals surface area (Å²) in [4.78, 5) is 11.1. The zero-order valence-electron chi connectivity index (χ0n) is 9.72. The molecule has 0 atom stereocenters. The third kappa shape index (κ3) is 1.98. The van der Waals surface area contributed by atoms with Crippen LogP contribution in [-0.2, 0) is 13.6 Å². The quantitative estimate of drug-likeness (QED) is 0.784. The Kier molecular flexibility index (Phi) is 3.28. The fourth-order valence-electron chi connectivity index (χ4n) is 1.72. The van der Waals surface area contributed by atoms with Gasteiger partial charge < -0.3 is 0 Å². The Morgan fingerprint density at radius 3 is 2.82 bits per heavy atom. The van der Waals surface area contributed by atoms with Gasteiger partial charge in [-0.15, -0.1) is 0 Å². The van der Waals surface area contributed by atoms with E-state index in [9.17, 15) is 4.79 Å². The second-order valence-electron chi connectivity index (χ2n) is 3.73. The molecular formula is C11H13ClN4O. The van der Waals surface area contributed by atoms with Gasteiger partial charge in [0.1, 0.15) is 10.8 Å². The van der Waals surface area contributed by atoms with Crippen LogP contribution in [0.1, 0.15) is 23.7 Å². The van der Waals surface area contributed by atoms with E-state index in [0.717, 1.165) is 18.4 Å². The first-order valence-corrected chi connectivity index (χ1v) is 5.76. The molecule has 0 N–H and O–H groups in total. The maximum absolute atomic E-state index is 11.1. The van der Waals surface area contributed by atoms with Crippen molar-refractivity contribution in [3.05, 3.63) is 23.0 Å².